The molecule has 0 saturated heterocycles. The van der Waals surface area contributed by atoms with Crippen LogP contribution in [0, 0.1) is 12.7 Å². The van der Waals surface area contributed by atoms with Crippen LogP contribution in [0.3, 0.4) is 0 Å². The molecular weight excluding hydrogens is 267 g/mol. The van der Waals surface area contributed by atoms with E-state index in [1.54, 1.807) is 12.1 Å². The van der Waals surface area contributed by atoms with Gasteiger partial charge in [0.2, 0.25) is 0 Å². The molecule has 4 nitrogen and oxygen atoms in total. The lowest BCUT2D eigenvalue weighted by atomic mass is 10.2. The molecule has 112 valence electrons. The molecule has 0 aliphatic rings. The van der Waals surface area contributed by atoms with Gasteiger partial charge in [-0.25, -0.2) is 14.4 Å². The molecule has 1 aromatic carbocycles. The van der Waals surface area contributed by atoms with Crippen molar-refractivity contribution in [2.75, 3.05) is 17.2 Å². The third-order valence-corrected chi connectivity index (χ3v) is 3.12. The molecule has 1 heterocycles. The first kappa shape index (κ1) is 15.2. The highest BCUT2D eigenvalue weighted by Gasteiger charge is 2.08. The Hall–Kier alpha value is -2.17. The third kappa shape index (κ3) is 3.90. The Morgan fingerprint density at radius 3 is 2.57 bits per heavy atom. The first-order chi connectivity index (χ1) is 10.1. The number of nitrogens with one attached hydrogen (secondary N) is 2. The molecule has 5 heteroatoms. The van der Waals surface area contributed by atoms with E-state index in [4.69, 9.17) is 0 Å². The van der Waals surface area contributed by atoms with Crippen LogP contribution in [-0.2, 0) is 6.42 Å². The van der Waals surface area contributed by atoms with E-state index < -0.39 is 0 Å². The van der Waals surface area contributed by atoms with Gasteiger partial charge in [0.1, 0.15) is 23.3 Å². The van der Waals surface area contributed by atoms with Gasteiger partial charge < -0.3 is 10.6 Å². The number of hydrogen-bond acceptors (Lipinski definition) is 4. The number of hydrogen-bond donors (Lipinski definition) is 2. The minimum Gasteiger partial charge on any atom is -0.370 e. The van der Waals surface area contributed by atoms with Crippen LogP contribution >= 0.6 is 0 Å². The summed E-state index contributed by atoms with van der Waals surface area (Å²) in [6, 6.07) is 6.80. The quantitative estimate of drug-likeness (QED) is 0.842. The van der Waals surface area contributed by atoms with Gasteiger partial charge in [-0.3, -0.25) is 0 Å². The summed E-state index contributed by atoms with van der Waals surface area (Å²) in [6.07, 6.45) is 1.74. The minimum atomic E-state index is -0.283. The van der Waals surface area contributed by atoms with Gasteiger partial charge in [0, 0.05) is 19.0 Å². The van der Waals surface area contributed by atoms with E-state index in [-0.39, 0.29) is 5.82 Å². The summed E-state index contributed by atoms with van der Waals surface area (Å²) in [4.78, 5) is 8.83. The fourth-order valence-electron chi connectivity index (χ4n) is 1.98. The first-order valence-corrected chi connectivity index (χ1v) is 7.28. The minimum absolute atomic E-state index is 0.283. The van der Waals surface area contributed by atoms with Crippen molar-refractivity contribution in [2.24, 2.45) is 0 Å². The Bertz CT molecular complexity index is 593. The van der Waals surface area contributed by atoms with Gasteiger partial charge in [0.05, 0.1) is 5.69 Å². The highest BCUT2D eigenvalue weighted by molar-refractivity contribution is 5.63. The average molecular weight is 288 g/mol. The number of anilines is 3. The van der Waals surface area contributed by atoms with Crippen LogP contribution in [0.1, 0.15) is 31.7 Å². The molecule has 21 heavy (non-hydrogen) atoms. The number of para-hydroxylation sites is 1. The van der Waals surface area contributed by atoms with Crippen LogP contribution in [0.4, 0.5) is 21.7 Å². The van der Waals surface area contributed by atoms with Crippen LogP contribution in [0.25, 0.3) is 0 Å². The fourth-order valence-corrected chi connectivity index (χ4v) is 1.98. The van der Waals surface area contributed by atoms with Gasteiger partial charge in [-0.15, -0.1) is 0 Å². The van der Waals surface area contributed by atoms with E-state index in [1.165, 1.54) is 6.07 Å². The molecule has 0 radical (unpaired) electrons. The molecule has 0 atom stereocenters. The Balaban J connectivity index is 2.30. The largest absolute Gasteiger partial charge is 0.370 e. The molecule has 0 aliphatic heterocycles. The van der Waals surface area contributed by atoms with E-state index in [1.807, 2.05) is 19.9 Å². The molecule has 2 rings (SSSR count). The maximum absolute atomic E-state index is 13.9. The molecular formula is C16H21FN4. The fraction of sp³-hybridized carbons (Fsp3) is 0.375. The van der Waals surface area contributed by atoms with Crippen molar-refractivity contribution >= 4 is 17.3 Å². The Kier molecular flexibility index (Phi) is 5.09. The lowest BCUT2D eigenvalue weighted by Gasteiger charge is -2.12. The summed E-state index contributed by atoms with van der Waals surface area (Å²) in [6.45, 7) is 6.80. The van der Waals surface area contributed by atoms with Gasteiger partial charge in [0.15, 0.2) is 0 Å². The normalized spacial score (nSPS) is 10.5. The number of rotatable bonds is 6. The summed E-state index contributed by atoms with van der Waals surface area (Å²) in [5.74, 6) is 1.82. The van der Waals surface area contributed by atoms with Gasteiger partial charge in [0.25, 0.3) is 0 Å². The third-order valence-electron chi connectivity index (χ3n) is 3.12. The topological polar surface area (TPSA) is 49.8 Å². The maximum atomic E-state index is 13.9. The zero-order chi connectivity index (χ0) is 15.2. The van der Waals surface area contributed by atoms with Gasteiger partial charge in [-0.05, 0) is 25.0 Å². The monoisotopic (exact) mass is 288 g/mol. The molecule has 0 saturated carbocycles. The molecule has 0 spiro atoms. The number of nitrogens with zero attached hydrogens (tertiary/aromatic N) is 2. The van der Waals surface area contributed by atoms with Crippen LogP contribution < -0.4 is 10.6 Å². The van der Waals surface area contributed by atoms with Crippen molar-refractivity contribution in [3.63, 3.8) is 0 Å². The lowest BCUT2D eigenvalue weighted by Crippen LogP contribution is -2.07. The summed E-state index contributed by atoms with van der Waals surface area (Å²) in [7, 11) is 0. The molecule has 0 bridgehead atoms. The molecule has 2 N–H and O–H groups in total. The molecule has 0 unspecified atom stereocenters. The second-order valence-corrected chi connectivity index (χ2v) is 4.89. The SMILES string of the molecule is CCCNc1cc(Nc2c(C)cccc2F)nc(CC)n1. The summed E-state index contributed by atoms with van der Waals surface area (Å²) in [5.41, 5.74) is 1.30. The zero-order valence-electron chi connectivity index (χ0n) is 12.7. The second-order valence-electron chi connectivity index (χ2n) is 4.89. The molecule has 1 aromatic heterocycles. The van der Waals surface area contributed by atoms with Crippen molar-refractivity contribution in [2.45, 2.75) is 33.6 Å². The molecule has 0 aliphatic carbocycles. The predicted octanol–water partition coefficient (Wildman–Crippen LogP) is 4.05. The number of benzene rings is 1. The van der Waals surface area contributed by atoms with Crippen LogP contribution in [0.5, 0.6) is 0 Å². The second kappa shape index (κ2) is 7.02. The average Bonchev–Trinajstić information content (AvgIpc) is 2.49. The van der Waals surface area contributed by atoms with E-state index in [0.29, 0.717) is 11.5 Å². The van der Waals surface area contributed by atoms with Gasteiger partial charge >= 0.3 is 0 Å². The zero-order valence-corrected chi connectivity index (χ0v) is 12.7. The van der Waals surface area contributed by atoms with Crippen molar-refractivity contribution in [3.05, 3.63) is 41.5 Å². The predicted molar refractivity (Wildman–Crippen MR) is 84.6 cm³/mol. The highest BCUT2D eigenvalue weighted by atomic mass is 19.1. The van der Waals surface area contributed by atoms with E-state index in [2.05, 4.69) is 27.5 Å². The summed E-state index contributed by atoms with van der Waals surface area (Å²) >= 11 is 0. The molecule has 2 aromatic rings. The van der Waals surface area contributed by atoms with Crippen LogP contribution in [0.2, 0.25) is 0 Å². The van der Waals surface area contributed by atoms with Gasteiger partial charge in [-0.1, -0.05) is 26.0 Å². The summed E-state index contributed by atoms with van der Waals surface area (Å²) in [5, 5.41) is 6.31. The van der Waals surface area contributed by atoms with E-state index in [0.717, 1.165) is 36.6 Å². The van der Waals surface area contributed by atoms with Gasteiger partial charge in [-0.2, -0.15) is 0 Å². The number of halogens is 1. The first-order valence-electron chi connectivity index (χ1n) is 7.28. The standard InChI is InChI=1S/C16H21FN4/c1-4-9-18-14-10-15(20-13(5-2)19-14)21-16-11(3)7-6-8-12(16)17/h6-8,10H,4-5,9H2,1-3H3,(H2,18,19,20,21). The van der Waals surface area contributed by atoms with Crippen molar-refractivity contribution in [1.29, 1.82) is 0 Å². The maximum Gasteiger partial charge on any atom is 0.146 e. The lowest BCUT2D eigenvalue weighted by molar-refractivity contribution is 0.630. The number of aromatic nitrogens is 2. The Labute approximate surface area is 124 Å². The highest BCUT2D eigenvalue weighted by Crippen LogP contribution is 2.23. The Morgan fingerprint density at radius 2 is 1.90 bits per heavy atom. The van der Waals surface area contributed by atoms with Crippen LogP contribution in [-0.4, -0.2) is 16.5 Å². The van der Waals surface area contributed by atoms with Crippen LogP contribution in [0.15, 0.2) is 24.3 Å². The smallest absolute Gasteiger partial charge is 0.146 e. The van der Waals surface area contributed by atoms with E-state index >= 15 is 0 Å². The Morgan fingerprint density at radius 1 is 1.14 bits per heavy atom. The number of aryl methyl sites for hydroxylation is 2. The summed E-state index contributed by atoms with van der Waals surface area (Å²) < 4.78 is 13.9. The van der Waals surface area contributed by atoms with E-state index in [9.17, 15) is 4.39 Å². The van der Waals surface area contributed by atoms with Crippen molar-refractivity contribution < 1.29 is 4.39 Å². The molecule has 0 fully saturated rings. The van der Waals surface area contributed by atoms with Crippen molar-refractivity contribution in [1.82, 2.24) is 9.97 Å². The van der Waals surface area contributed by atoms with Crippen molar-refractivity contribution in [3.8, 4) is 0 Å². The molecule has 0 amide bonds.